The highest BCUT2D eigenvalue weighted by Crippen LogP contribution is 2.32. The SMILES string of the molecule is CCN(CCNCc1ccc(F)c(C(F)(F)F)c1)C(/C=C/CC(C)C)=C(\OC1Cc2ccccc2C1)C(=O)N(C)c1ccccc1. The molecule has 0 heterocycles. The van der Waals surface area contributed by atoms with E-state index < -0.39 is 17.6 Å². The molecule has 3 aromatic carbocycles. The van der Waals surface area contributed by atoms with Crippen molar-refractivity contribution in [2.45, 2.75) is 58.9 Å². The maximum atomic E-state index is 14.3. The molecule has 3 aromatic rings. The minimum atomic E-state index is -4.77. The van der Waals surface area contributed by atoms with Gasteiger partial charge in [0.2, 0.25) is 5.76 Å². The smallest absolute Gasteiger partial charge is 0.419 e. The number of benzene rings is 3. The van der Waals surface area contributed by atoms with Crippen LogP contribution in [0.3, 0.4) is 0 Å². The Balaban J connectivity index is 1.62. The van der Waals surface area contributed by atoms with Crippen molar-refractivity contribution in [3.8, 4) is 0 Å². The predicted molar refractivity (Wildman–Crippen MR) is 175 cm³/mol. The minimum absolute atomic E-state index is 0.127. The molecule has 0 spiro atoms. The molecule has 0 atom stereocenters. The van der Waals surface area contributed by atoms with Crippen LogP contribution in [0.2, 0.25) is 0 Å². The van der Waals surface area contributed by atoms with Gasteiger partial charge in [0.1, 0.15) is 11.9 Å². The molecule has 4 rings (SSSR count). The number of rotatable bonds is 14. The summed E-state index contributed by atoms with van der Waals surface area (Å²) in [6, 6.07) is 20.6. The van der Waals surface area contributed by atoms with Crippen molar-refractivity contribution in [3.05, 3.63) is 124 Å². The third-order valence-corrected chi connectivity index (χ3v) is 8.00. The van der Waals surface area contributed by atoms with Crippen LogP contribution in [0.25, 0.3) is 0 Å². The Bertz CT molecular complexity index is 1490. The molecular weight excluding hydrogens is 594 g/mol. The number of ether oxygens (including phenoxy) is 1. The molecule has 0 radical (unpaired) electrons. The second kappa shape index (κ2) is 15.9. The van der Waals surface area contributed by atoms with Crippen molar-refractivity contribution < 1.29 is 27.1 Å². The first-order chi connectivity index (χ1) is 22.0. The van der Waals surface area contributed by atoms with Crippen LogP contribution >= 0.6 is 0 Å². The van der Waals surface area contributed by atoms with Crippen LogP contribution in [-0.4, -0.2) is 43.6 Å². The van der Waals surface area contributed by atoms with E-state index in [1.807, 2.05) is 60.4 Å². The number of hydrogen-bond donors (Lipinski definition) is 1. The average Bonchev–Trinajstić information content (AvgIpc) is 3.45. The molecule has 46 heavy (non-hydrogen) atoms. The Labute approximate surface area is 269 Å². The summed E-state index contributed by atoms with van der Waals surface area (Å²) >= 11 is 0. The number of para-hydroxylation sites is 1. The van der Waals surface area contributed by atoms with E-state index in [1.54, 1.807) is 11.9 Å². The molecule has 246 valence electrons. The zero-order chi connectivity index (χ0) is 33.3. The summed E-state index contributed by atoms with van der Waals surface area (Å²) in [7, 11) is 1.73. The van der Waals surface area contributed by atoms with Crippen LogP contribution in [-0.2, 0) is 35.1 Å². The monoisotopic (exact) mass is 637 g/mol. The third kappa shape index (κ3) is 9.22. The van der Waals surface area contributed by atoms with Gasteiger partial charge in [-0.25, -0.2) is 4.39 Å². The van der Waals surface area contributed by atoms with Gasteiger partial charge in [0.15, 0.2) is 0 Å². The maximum Gasteiger partial charge on any atom is 0.419 e. The van der Waals surface area contributed by atoms with Gasteiger partial charge in [-0.1, -0.05) is 68.5 Å². The molecule has 1 amide bonds. The quantitative estimate of drug-likeness (QED) is 0.0642. The van der Waals surface area contributed by atoms with Crippen LogP contribution < -0.4 is 10.2 Å². The summed E-state index contributed by atoms with van der Waals surface area (Å²) in [6.07, 6.45) is 1.20. The van der Waals surface area contributed by atoms with Gasteiger partial charge in [-0.2, -0.15) is 13.2 Å². The van der Waals surface area contributed by atoms with Gasteiger partial charge in [-0.3, -0.25) is 4.79 Å². The highest BCUT2D eigenvalue weighted by atomic mass is 19.4. The number of allylic oxidation sites excluding steroid dienone is 2. The molecule has 1 aliphatic carbocycles. The van der Waals surface area contributed by atoms with E-state index in [4.69, 9.17) is 4.74 Å². The summed E-state index contributed by atoms with van der Waals surface area (Å²) in [4.78, 5) is 17.9. The van der Waals surface area contributed by atoms with Crippen molar-refractivity contribution in [2.24, 2.45) is 5.92 Å². The first kappa shape index (κ1) is 34.8. The standard InChI is InChI=1S/C37H43F4N3O2/c1-5-44(21-20-42-25-27-18-19-33(38)32(22-27)37(39,40)41)34(17-11-12-26(2)3)35(36(45)43(4)30-15-7-6-8-16-30)46-31-23-28-13-9-10-14-29(28)24-31/h6-11,13-19,22,26,31,42H,5,12,20-21,23-25H2,1-4H3/b17-11+,35-34-. The van der Waals surface area contributed by atoms with Gasteiger partial charge in [0.25, 0.3) is 5.91 Å². The molecule has 0 saturated carbocycles. The van der Waals surface area contributed by atoms with Crippen LogP contribution in [0.15, 0.2) is 96.4 Å². The molecule has 0 fully saturated rings. The van der Waals surface area contributed by atoms with Gasteiger partial charge in [-0.05, 0) is 66.3 Å². The molecule has 0 bridgehead atoms. The van der Waals surface area contributed by atoms with E-state index in [-0.39, 0.29) is 24.3 Å². The highest BCUT2D eigenvalue weighted by molar-refractivity contribution is 6.04. The summed E-state index contributed by atoms with van der Waals surface area (Å²) in [5.41, 5.74) is 2.84. The Morgan fingerprint density at radius 1 is 1.02 bits per heavy atom. The molecule has 9 heteroatoms. The summed E-state index contributed by atoms with van der Waals surface area (Å²) in [5, 5.41) is 3.18. The van der Waals surface area contributed by atoms with Crippen LogP contribution in [0.1, 0.15) is 49.4 Å². The molecular formula is C37H43F4N3O2. The zero-order valence-electron chi connectivity index (χ0n) is 26.9. The third-order valence-electron chi connectivity index (χ3n) is 8.00. The van der Waals surface area contributed by atoms with Crippen LogP contribution in [0.4, 0.5) is 23.2 Å². The molecule has 1 N–H and O–H groups in total. The second-order valence-corrected chi connectivity index (χ2v) is 11.9. The zero-order valence-corrected chi connectivity index (χ0v) is 26.9. The van der Waals surface area contributed by atoms with E-state index in [2.05, 4.69) is 37.4 Å². The Kier molecular flexibility index (Phi) is 12.0. The number of alkyl halides is 3. The molecule has 0 saturated heterocycles. The lowest BCUT2D eigenvalue weighted by atomic mass is 10.1. The molecule has 5 nitrogen and oxygen atoms in total. The second-order valence-electron chi connectivity index (χ2n) is 11.9. The molecule has 0 aromatic heterocycles. The van der Waals surface area contributed by atoms with Crippen LogP contribution in [0, 0.1) is 11.7 Å². The number of carbonyl (C=O) groups excluding carboxylic acids is 1. The normalized spacial score (nSPS) is 14.0. The number of amides is 1. The van der Waals surface area contributed by atoms with Crippen LogP contribution in [0.5, 0.6) is 0 Å². The fraction of sp³-hybridized carbons (Fsp3) is 0.378. The van der Waals surface area contributed by atoms with Crippen molar-refractivity contribution in [2.75, 3.05) is 31.6 Å². The largest absolute Gasteiger partial charge is 0.482 e. The van der Waals surface area contributed by atoms with Gasteiger partial charge in [0.05, 0.1) is 11.3 Å². The van der Waals surface area contributed by atoms with Gasteiger partial charge in [-0.15, -0.1) is 0 Å². The molecule has 0 aliphatic heterocycles. The lowest BCUT2D eigenvalue weighted by Crippen LogP contribution is -2.37. The lowest BCUT2D eigenvalue weighted by Gasteiger charge is -2.30. The van der Waals surface area contributed by atoms with E-state index in [0.29, 0.717) is 49.7 Å². The Morgan fingerprint density at radius 2 is 1.67 bits per heavy atom. The first-order valence-corrected chi connectivity index (χ1v) is 15.8. The minimum Gasteiger partial charge on any atom is -0.482 e. The number of likely N-dealkylation sites (N-methyl/N-ethyl adjacent to an activating group) is 2. The Morgan fingerprint density at radius 3 is 2.28 bits per heavy atom. The topological polar surface area (TPSA) is 44.8 Å². The number of fused-ring (bicyclic) bond motifs is 1. The van der Waals surface area contributed by atoms with E-state index in [1.165, 1.54) is 17.2 Å². The molecule has 1 aliphatic rings. The van der Waals surface area contributed by atoms with Crippen molar-refractivity contribution in [1.29, 1.82) is 0 Å². The number of hydrogen-bond acceptors (Lipinski definition) is 4. The fourth-order valence-electron chi connectivity index (χ4n) is 5.48. The number of nitrogens with one attached hydrogen (secondary N) is 1. The average molecular weight is 638 g/mol. The fourth-order valence-corrected chi connectivity index (χ4v) is 5.48. The molecule has 0 unspecified atom stereocenters. The predicted octanol–water partition coefficient (Wildman–Crippen LogP) is 7.92. The lowest BCUT2D eigenvalue weighted by molar-refractivity contribution is -0.140. The van der Waals surface area contributed by atoms with Crippen molar-refractivity contribution in [1.82, 2.24) is 10.2 Å². The maximum absolute atomic E-state index is 14.3. The summed E-state index contributed by atoms with van der Waals surface area (Å²) in [5.74, 6) is -0.912. The number of carbonyl (C=O) groups is 1. The number of anilines is 1. The summed E-state index contributed by atoms with van der Waals surface area (Å²) in [6.45, 7) is 7.76. The van der Waals surface area contributed by atoms with E-state index >= 15 is 0 Å². The van der Waals surface area contributed by atoms with E-state index in [9.17, 15) is 22.4 Å². The number of halogens is 4. The van der Waals surface area contributed by atoms with Gasteiger partial charge >= 0.3 is 6.18 Å². The first-order valence-electron chi connectivity index (χ1n) is 15.8. The van der Waals surface area contributed by atoms with Gasteiger partial charge in [0, 0.05) is 51.8 Å². The Hall–Kier alpha value is -4.11. The van der Waals surface area contributed by atoms with E-state index in [0.717, 1.165) is 24.2 Å². The van der Waals surface area contributed by atoms with Crippen molar-refractivity contribution in [3.63, 3.8) is 0 Å². The summed E-state index contributed by atoms with van der Waals surface area (Å²) < 4.78 is 60.1. The van der Waals surface area contributed by atoms with Crippen molar-refractivity contribution >= 4 is 11.6 Å². The van der Waals surface area contributed by atoms with Gasteiger partial charge < -0.3 is 19.9 Å². The number of nitrogens with zero attached hydrogens (tertiary/aromatic N) is 2. The highest BCUT2D eigenvalue weighted by Gasteiger charge is 2.34.